The molecular weight excluding hydrogens is 325 g/mol. The summed E-state index contributed by atoms with van der Waals surface area (Å²) in [5, 5.41) is 11.5. The van der Waals surface area contributed by atoms with Crippen molar-refractivity contribution in [3.63, 3.8) is 0 Å². The monoisotopic (exact) mass is 337 g/mol. The molecule has 0 fully saturated rings. The number of aliphatic hydroxyl groups is 1. The van der Waals surface area contributed by atoms with Gasteiger partial charge in [0.2, 0.25) is 0 Å². The Bertz CT molecular complexity index is 614. The van der Waals surface area contributed by atoms with Crippen molar-refractivity contribution in [2.24, 2.45) is 0 Å². The second kappa shape index (κ2) is 6.63. The molecule has 0 aliphatic heterocycles. The summed E-state index contributed by atoms with van der Waals surface area (Å²) in [4.78, 5) is 12.0. The van der Waals surface area contributed by atoms with Gasteiger partial charge in [-0.3, -0.25) is 4.79 Å². The van der Waals surface area contributed by atoms with Gasteiger partial charge >= 0.3 is 0 Å². The van der Waals surface area contributed by atoms with Crippen LogP contribution in [0.4, 0.5) is 10.1 Å². The Balaban J connectivity index is 2.13. The molecule has 5 heteroatoms. The molecule has 0 aliphatic rings. The van der Waals surface area contributed by atoms with Crippen LogP contribution in [-0.2, 0) is 6.42 Å². The van der Waals surface area contributed by atoms with Crippen molar-refractivity contribution in [2.75, 3.05) is 11.9 Å². The molecule has 0 saturated heterocycles. The first-order chi connectivity index (χ1) is 9.60. The van der Waals surface area contributed by atoms with E-state index in [0.717, 1.165) is 5.56 Å². The number of carbonyl (C=O) groups is 1. The van der Waals surface area contributed by atoms with Crippen molar-refractivity contribution in [1.29, 1.82) is 0 Å². The molecule has 0 saturated carbocycles. The number of rotatable bonds is 4. The fraction of sp³-hybridized carbons (Fsp3) is 0.133. The van der Waals surface area contributed by atoms with E-state index in [-0.39, 0.29) is 18.1 Å². The average molecular weight is 338 g/mol. The number of hydrogen-bond acceptors (Lipinski definition) is 2. The van der Waals surface area contributed by atoms with Crippen LogP contribution in [0.1, 0.15) is 15.9 Å². The molecular formula is C15H13BrFNO2. The van der Waals surface area contributed by atoms with Gasteiger partial charge in [-0.2, -0.15) is 0 Å². The lowest BCUT2D eigenvalue weighted by Gasteiger charge is -2.08. The molecule has 0 heterocycles. The van der Waals surface area contributed by atoms with Crippen molar-refractivity contribution in [3.05, 3.63) is 63.9 Å². The highest BCUT2D eigenvalue weighted by Gasteiger charge is 2.11. The lowest BCUT2D eigenvalue weighted by atomic mass is 10.1. The van der Waals surface area contributed by atoms with Crippen molar-refractivity contribution in [1.82, 2.24) is 0 Å². The van der Waals surface area contributed by atoms with Crippen LogP contribution >= 0.6 is 15.9 Å². The van der Waals surface area contributed by atoms with Gasteiger partial charge in [-0.15, -0.1) is 0 Å². The predicted octanol–water partition coefficient (Wildman–Crippen LogP) is 3.38. The largest absolute Gasteiger partial charge is 0.396 e. The van der Waals surface area contributed by atoms with Gasteiger partial charge in [-0.25, -0.2) is 4.39 Å². The van der Waals surface area contributed by atoms with Crippen molar-refractivity contribution >= 4 is 27.5 Å². The molecule has 2 N–H and O–H groups in total. The van der Waals surface area contributed by atoms with Crippen molar-refractivity contribution in [3.8, 4) is 0 Å². The SMILES string of the molecule is O=C(Nc1ccc(CCO)cc1)c1cc(F)ccc1Br. The fourth-order valence-corrected chi connectivity index (χ4v) is 2.18. The van der Waals surface area contributed by atoms with Crippen LogP contribution in [-0.4, -0.2) is 17.6 Å². The second-order valence-electron chi connectivity index (χ2n) is 4.25. The van der Waals surface area contributed by atoms with E-state index in [2.05, 4.69) is 21.2 Å². The summed E-state index contributed by atoms with van der Waals surface area (Å²) in [5.41, 5.74) is 1.84. The van der Waals surface area contributed by atoms with Gasteiger partial charge in [0.15, 0.2) is 0 Å². The number of halogens is 2. The van der Waals surface area contributed by atoms with Gasteiger partial charge in [0.1, 0.15) is 5.82 Å². The molecule has 20 heavy (non-hydrogen) atoms. The Labute approximate surface area is 124 Å². The molecule has 104 valence electrons. The standard InChI is InChI=1S/C15H13BrFNO2/c16-14-6-3-11(17)9-13(14)15(20)18-12-4-1-10(2-5-12)7-8-19/h1-6,9,19H,7-8H2,(H,18,20). The minimum atomic E-state index is -0.461. The van der Waals surface area contributed by atoms with E-state index in [4.69, 9.17) is 5.11 Å². The molecule has 0 aliphatic carbocycles. The van der Waals surface area contributed by atoms with E-state index < -0.39 is 5.82 Å². The summed E-state index contributed by atoms with van der Waals surface area (Å²) in [5.74, 6) is -0.845. The van der Waals surface area contributed by atoms with Crippen molar-refractivity contribution in [2.45, 2.75) is 6.42 Å². The Morgan fingerprint density at radius 2 is 1.90 bits per heavy atom. The average Bonchev–Trinajstić information content (AvgIpc) is 2.44. The van der Waals surface area contributed by atoms with Crippen LogP contribution in [0.5, 0.6) is 0 Å². The summed E-state index contributed by atoms with van der Waals surface area (Å²) in [6, 6.07) is 11.1. The third-order valence-electron chi connectivity index (χ3n) is 2.79. The maximum Gasteiger partial charge on any atom is 0.256 e. The highest BCUT2D eigenvalue weighted by atomic mass is 79.9. The summed E-state index contributed by atoms with van der Waals surface area (Å²) >= 11 is 3.22. The summed E-state index contributed by atoms with van der Waals surface area (Å²) in [6.45, 7) is 0.0853. The molecule has 0 spiro atoms. The normalized spacial score (nSPS) is 10.3. The van der Waals surface area contributed by atoms with E-state index in [1.165, 1.54) is 18.2 Å². The van der Waals surface area contributed by atoms with Gasteiger partial charge in [0, 0.05) is 16.8 Å². The molecule has 0 atom stereocenters. The van der Waals surface area contributed by atoms with Gasteiger partial charge < -0.3 is 10.4 Å². The lowest BCUT2D eigenvalue weighted by molar-refractivity contribution is 0.102. The first kappa shape index (κ1) is 14.7. The van der Waals surface area contributed by atoms with Gasteiger partial charge in [0.05, 0.1) is 5.56 Å². The van der Waals surface area contributed by atoms with E-state index >= 15 is 0 Å². The van der Waals surface area contributed by atoms with Crippen LogP contribution in [0.15, 0.2) is 46.9 Å². The number of carbonyl (C=O) groups excluding carboxylic acids is 1. The zero-order valence-electron chi connectivity index (χ0n) is 10.6. The Kier molecular flexibility index (Phi) is 4.87. The number of benzene rings is 2. The number of amides is 1. The van der Waals surface area contributed by atoms with Crippen LogP contribution in [0.3, 0.4) is 0 Å². The molecule has 0 unspecified atom stereocenters. The molecule has 1 amide bonds. The van der Waals surface area contributed by atoms with E-state index in [9.17, 15) is 9.18 Å². The zero-order chi connectivity index (χ0) is 14.5. The van der Waals surface area contributed by atoms with Crippen LogP contribution in [0, 0.1) is 5.82 Å². The van der Waals surface area contributed by atoms with E-state index in [1.807, 2.05) is 12.1 Å². The molecule has 0 aromatic heterocycles. The Morgan fingerprint density at radius 1 is 1.20 bits per heavy atom. The number of anilines is 1. The quantitative estimate of drug-likeness (QED) is 0.898. The maximum absolute atomic E-state index is 13.2. The zero-order valence-corrected chi connectivity index (χ0v) is 12.2. The third kappa shape index (κ3) is 3.65. The molecule has 3 nitrogen and oxygen atoms in total. The molecule has 2 aromatic rings. The van der Waals surface area contributed by atoms with Crippen LogP contribution in [0.25, 0.3) is 0 Å². The van der Waals surface area contributed by atoms with Gasteiger partial charge in [-0.1, -0.05) is 12.1 Å². The number of aliphatic hydroxyl groups excluding tert-OH is 1. The highest BCUT2D eigenvalue weighted by Crippen LogP contribution is 2.19. The van der Waals surface area contributed by atoms with Crippen molar-refractivity contribution < 1.29 is 14.3 Å². The number of nitrogens with one attached hydrogen (secondary N) is 1. The molecule has 0 radical (unpaired) electrons. The summed E-state index contributed by atoms with van der Waals surface area (Å²) < 4.78 is 13.7. The van der Waals surface area contributed by atoms with Gasteiger partial charge in [0.25, 0.3) is 5.91 Å². The molecule has 2 aromatic carbocycles. The third-order valence-corrected chi connectivity index (χ3v) is 3.48. The first-order valence-electron chi connectivity index (χ1n) is 6.06. The fourth-order valence-electron chi connectivity index (χ4n) is 1.75. The summed E-state index contributed by atoms with van der Waals surface area (Å²) in [6.07, 6.45) is 0.573. The number of hydrogen-bond donors (Lipinski definition) is 2. The Hall–Kier alpha value is -1.72. The van der Waals surface area contributed by atoms with Crippen LogP contribution in [0.2, 0.25) is 0 Å². The minimum Gasteiger partial charge on any atom is -0.396 e. The minimum absolute atomic E-state index is 0.0853. The molecule has 2 rings (SSSR count). The second-order valence-corrected chi connectivity index (χ2v) is 5.10. The molecule has 0 bridgehead atoms. The van der Waals surface area contributed by atoms with E-state index in [1.54, 1.807) is 12.1 Å². The first-order valence-corrected chi connectivity index (χ1v) is 6.85. The topological polar surface area (TPSA) is 49.3 Å². The Morgan fingerprint density at radius 3 is 2.55 bits per heavy atom. The predicted molar refractivity (Wildman–Crippen MR) is 79.3 cm³/mol. The summed E-state index contributed by atoms with van der Waals surface area (Å²) in [7, 11) is 0. The lowest BCUT2D eigenvalue weighted by Crippen LogP contribution is -2.12. The smallest absolute Gasteiger partial charge is 0.256 e. The van der Waals surface area contributed by atoms with Gasteiger partial charge in [-0.05, 0) is 58.2 Å². The van der Waals surface area contributed by atoms with Crippen LogP contribution < -0.4 is 5.32 Å². The maximum atomic E-state index is 13.2. The highest BCUT2D eigenvalue weighted by molar-refractivity contribution is 9.10. The van der Waals surface area contributed by atoms with E-state index in [0.29, 0.717) is 16.6 Å².